The van der Waals surface area contributed by atoms with Crippen molar-refractivity contribution in [3.8, 4) is 11.5 Å². The fourth-order valence-electron chi connectivity index (χ4n) is 3.44. The smallest absolute Gasteiger partial charge is 0.228 e. The Bertz CT molecular complexity index is 995. The van der Waals surface area contributed by atoms with Gasteiger partial charge < -0.3 is 14.8 Å². The minimum atomic E-state index is -3.55. The SMILES string of the molecule is COc1ccc(OC)c(NC(=O)[C@@H]2CCCN(S(=O)(=O)Cc3ccc(Cl)cc3)C2)c1. The molecule has 0 saturated carbocycles. The Labute approximate surface area is 182 Å². The summed E-state index contributed by atoms with van der Waals surface area (Å²) < 4.78 is 37.7. The minimum Gasteiger partial charge on any atom is -0.497 e. The van der Waals surface area contributed by atoms with Crippen LogP contribution in [-0.4, -0.2) is 45.9 Å². The Morgan fingerprint density at radius 2 is 1.90 bits per heavy atom. The lowest BCUT2D eigenvalue weighted by Crippen LogP contribution is -2.44. The van der Waals surface area contributed by atoms with Crippen LogP contribution in [0.3, 0.4) is 0 Å². The van der Waals surface area contributed by atoms with Gasteiger partial charge in [-0.2, -0.15) is 0 Å². The molecule has 0 aromatic heterocycles. The quantitative estimate of drug-likeness (QED) is 0.694. The van der Waals surface area contributed by atoms with Gasteiger partial charge in [-0.05, 0) is 42.7 Å². The van der Waals surface area contributed by atoms with Crippen LogP contribution in [0, 0.1) is 5.92 Å². The van der Waals surface area contributed by atoms with Gasteiger partial charge in [-0.25, -0.2) is 12.7 Å². The summed E-state index contributed by atoms with van der Waals surface area (Å²) in [5, 5.41) is 3.41. The number of anilines is 1. The normalized spacial score (nSPS) is 17.4. The topological polar surface area (TPSA) is 84.9 Å². The lowest BCUT2D eigenvalue weighted by atomic mass is 9.98. The van der Waals surface area contributed by atoms with Crippen LogP contribution in [0.1, 0.15) is 18.4 Å². The van der Waals surface area contributed by atoms with Gasteiger partial charge in [-0.15, -0.1) is 0 Å². The predicted molar refractivity (Wildman–Crippen MR) is 117 cm³/mol. The predicted octanol–water partition coefficient (Wildman–Crippen LogP) is 3.54. The molecule has 0 aliphatic carbocycles. The highest BCUT2D eigenvalue weighted by molar-refractivity contribution is 7.88. The maximum atomic E-state index is 12.9. The van der Waals surface area contributed by atoms with Crippen molar-refractivity contribution in [2.24, 2.45) is 5.92 Å². The highest BCUT2D eigenvalue weighted by Gasteiger charge is 2.32. The zero-order valence-electron chi connectivity index (χ0n) is 16.9. The molecule has 30 heavy (non-hydrogen) atoms. The van der Waals surface area contributed by atoms with Crippen molar-refractivity contribution in [3.05, 3.63) is 53.1 Å². The van der Waals surface area contributed by atoms with Gasteiger partial charge in [0.25, 0.3) is 0 Å². The molecule has 1 N–H and O–H groups in total. The Morgan fingerprint density at radius 3 is 2.57 bits per heavy atom. The number of carbonyl (C=O) groups excluding carboxylic acids is 1. The van der Waals surface area contributed by atoms with Gasteiger partial charge in [-0.3, -0.25) is 4.79 Å². The van der Waals surface area contributed by atoms with Crippen molar-refractivity contribution in [3.63, 3.8) is 0 Å². The van der Waals surface area contributed by atoms with Gasteiger partial charge in [0, 0.05) is 24.2 Å². The number of rotatable bonds is 7. The Morgan fingerprint density at radius 1 is 1.17 bits per heavy atom. The standard InChI is InChI=1S/C21H25ClN2O5S/c1-28-18-9-10-20(29-2)19(12-18)23-21(25)16-4-3-11-24(13-16)30(26,27)14-15-5-7-17(22)8-6-15/h5-10,12,16H,3-4,11,13-14H2,1-2H3,(H,23,25)/t16-/m1/s1. The maximum Gasteiger partial charge on any atom is 0.228 e. The Kier molecular flexibility index (Phi) is 7.23. The van der Waals surface area contributed by atoms with Gasteiger partial charge in [-0.1, -0.05) is 23.7 Å². The third-order valence-corrected chi connectivity index (χ3v) is 7.14. The number of amides is 1. The van der Waals surface area contributed by atoms with E-state index in [0.717, 1.165) is 0 Å². The lowest BCUT2D eigenvalue weighted by molar-refractivity contribution is -0.120. The second-order valence-electron chi connectivity index (χ2n) is 7.14. The van der Waals surface area contributed by atoms with Crippen molar-refractivity contribution in [1.82, 2.24) is 4.31 Å². The van der Waals surface area contributed by atoms with Crippen LogP contribution in [0.2, 0.25) is 5.02 Å². The number of halogens is 1. The van der Waals surface area contributed by atoms with E-state index in [0.29, 0.717) is 47.2 Å². The van der Waals surface area contributed by atoms with Crippen LogP contribution in [-0.2, 0) is 20.6 Å². The average Bonchev–Trinajstić information content (AvgIpc) is 2.75. The van der Waals surface area contributed by atoms with E-state index in [9.17, 15) is 13.2 Å². The van der Waals surface area contributed by atoms with Crippen molar-refractivity contribution >= 4 is 33.2 Å². The number of carbonyl (C=O) groups is 1. The summed E-state index contributed by atoms with van der Waals surface area (Å²) in [5.74, 6) is 0.277. The molecule has 162 valence electrons. The summed E-state index contributed by atoms with van der Waals surface area (Å²) >= 11 is 5.87. The second-order valence-corrected chi connectivity index (χ2v) is 9.54. The molecule has 1 aliphatic heterocycles. The second kappa shape index (κ2) is 9.68. The van der Waals surface area contributed by atoms with Crippen LogP contribution >= 0.6 is 11.6 Å². The van der Waals surface area contributed by atoms with E-state index in [-0.39, 0.29) is 18.2 Å². The van der Waals surface area contributed by atoms with Gasteiger partial charge in [0.15, 0.2) is 0 Å². The number of hydrogen-bond acceptors (Lipinski definition) is 5. The molecule has 2 aromatic carbocycles. The summed E-state index contributed by atoms with van der Waals surface area (Å²) in [6.07, 6.45) is 1.23. The molecule has 3 rings (SSSR count). The van der Waals surface area contributed by atoms with Gasteiger partial charge in [0.2, 0.25) is 15.9 Å². The first kappa shape index (κ1) is 22.4. The largest absolute Gasteiger partial charge is 0.497 e. The Hall–Kier alpha value is -2.29. The molecule has 0 unspecified atom stereocenters. The molecule has 2 aromatic rings. The highest BCUT2D eigenvalue weighted by Crippen LogP contribution is 2.30. The summed E-state index contributed by atoms with van der Waals surface area (Å²) in [6.45, 7) is 0.552. The van der Waals surface area contributed by atoms with Crippen molar-refractivity contribution in [1.29, 1.82) is 0 Å². The first-order chi connectivity index (χ1) is 14.3. The van der Waals surface area contributed by atoms with Crippen LogP contribution in [0.25, 0.3) is 0 Å². The molecule has 1 atom stereocenters. The number of sulfonamides is 1. The van der Waals surface area contributed by atoms with Gasteiger partial charge in [0.1, 0.15) is 11.5 Å². The monoisotopic (exact) mass is 452 g/mol. The summed E-state index contributed by atoms with van der Waals surface area (Å²) in [5.41, 5.74) is 1.15. The number of nitrogens with one attached hydrogen (secondary N) is 1. The van der Waals surface area contributed by atoms with Crippen LogP contribution in [0.15, 0.2) is 42.5 Å². The van der Waals surface area contributed by atoms with Crippen LogP contribution in [0.4, 0.5) is 5.69 Å². The molecule has 0 spiro atoms. The molecule has 0 bridgehead atoms. The van der Waals surface area contributed by atoms with E-state index in [1.165, 1.54) is 18.5 Å². The highest BCUT2D eigenvalue weighted by atomic mass is 35.5. The van der Waals surface area contributed by atoms with Crippen molar-refractivity contribution in [2.75, 3.05) is 32.6 Å². The van der Waals surface area contributed by atoms with E-state index < -0.39 is 15.9 Å². The van der Waals surface area contributed by atoms with E-state index in [1.807, 2.05) is 0 Å². The molecular weight excluding hydrogens is 428 g/mol. The fraction of sp³-hybridized carbons (Fsp3) is 0.381. The van der Waals surface area contributed by atoms with E-state index >= 15 is 0 Å². The van der Waals surface area contributed by atoms with E-state index in [1.54, 1.807) is 42.5 Å². The van der Waals surface area contributed by atoms with Crippen LogP contribution < -0.4 is 14.8 Å². The molecule has 7 nitrogen and oxygen atoms in total. The molecule has 1 fully saturated rings. The number of piperidine rings is 1. The number of ether oxygens (including phenoxy) is 2. The minimum absolute atomic E-state index is 0.123. The number of nitrogens with zero attached hydrogens (tertiary/aromatic N) is 1. The first-order valence-electron chi connectivity index (χ1n) is 9.57. The van der Waals surface area contributed by atoms with Gasteiger partial charge in [0.05, 0.1) is 31.6 Å². The third kappa shape index (κ3) is 5.44. The maximum absolute atomic E-state index is 12.9. The molecular formula is C21H25ClN2O5S. The Balaban J connectivity index is 1.69. The number of methoxy groups -OCH3 is 2. The molecule has 0 radical (unpaired) electrons. The first-order valence-corrected chi connectivity index (χ1v) is 11.6. The molecule has 1 amide bonds. The zero-order valence-corrected chi connectivity index (χ0v) is 18.5. The summed E-state index contributed by atoms with van der Waals surface area (Å²) in [7, 11) is -0.490. The molecule has 1 heterocycles. The average molecular weight is 453 g/mol. The fourth-order valence-corrected chi connectivity index (χ4v) is 5.17. The number of benzene rings is 2. The van der Waals surface area contributed by atoms with Crippen molar-refractivity contribution < 1.29 is 22.7 Å². The van der Waals surface area contributed by atoms with Crippen molar-refractivity contribution in [2.45, 2.75) is 18.6 Å². The molecule has 1 saturated heterocycles. The van der Waals surface area contributed by atoms with E-state index in [2.05, 4.69) is 5.32 Å². The molecule has 1 aliphatic rings. The lowest BCUT2D eigenvalue weighted by Gasteiger charge is -2.31. The van der Waals surface area contributed by atoms with Gasteiger partial charge >= 0.3 is 0 Å². The summed E-state index contributed by atoms with van der Waals surface area (Å²) in [4.78, 5) is 12.9. The van der Waals surface area contributed by atoms with Crippen LogP contribution in [0.5, 0.6) is 11.5 Å². The number of hydrogen-bond donors (Lipinski definition) is 1. The zero-order chi connectivity index (χ0) is 21.7. The summed E-state index contributed by atoms with van der Waals surface area (Å²) in [6, 6.07) is 11.8. The molecule has 9 heteroatoms. The third-order valence-electron chi connectivity index (χ3n) is 5.08. The van der Waals surface area contributed by atoms with E-state index in [4.69, 9.17) is 21.1 Å².